The number of nitrogens with one attached hydrogen (secondary N) is 2. The van der Waals surface area contributed by atoms with Crippen LogP contribution in [0.5, 0.6) is 0 Å². The number of likely N-dealkylation sites (N-methyl/N-ethyl adjacent to an activating group) is 1. The fourth-order valence-corrected chi connectivity index (χ4v) is 3.07. The van der Waals surface area contributed by atoms with Gasteiger partial charge in [0.05, 0.1) is 0 Å². The number of aliphatic imine (C=N–C) groups is 1. The van der Waals surface area contributed by atoms with Crippen molar-refractivity contribution in [3.8, 4) is 0 Å². The maximum Gasteiger partial charge on any atom is 0.251 e. The maximum absolute atomic E-state index is 11.7. The lowest BCUT2D eigenvalue weighted by Gasteiger charge is -2.22. The van der Waals surface area contributed by atoms with E-state index in [-0.39, 0.29) is 5.91 Å². The van der Waals surface area contributed by atoms with Crippen molar-refractivity contribution in [3.05, 3.63) is 57.8 Å². The Morgan fingerprint density at radius 2 is 2.12 bits per heavy atom. The highest BCUT2D eigenvalue weighted by atomic mass is 32.1. The second-order valence-corrected chi connectivity index (χ2v) is 6.46. The van der Waals surface area contributed by atoms with Crippen LogP contribution < -0.4 is 10.6 Å². The predicted molar refractivity (Wildman–Crippen MR) is 101 cm³/mol. The molecule has 1 amide bonds. The zero-order valence-corrected chi connectivity index (χ0v) is 15.2. The molecule has 2 aromatic rings. The van der Waals surface area contributed by atoms with E-state index in [2.05, 4.69) is 38.0 Å². The van der Waals surface area contributed by atoms with Gasteiger partial charge in [0.2, 0.25) is 0 Å². The van der Waals surface area contributed by atoms with Crippen LogP contribution in [0.3, 0.4) is 0 Å². The monoisotopic (exact) mass is 344 g/mol. The minimum Gasteiger partial charge on any atom is -0.355 e. The summed E-state index contributed by atoms with van der Waals surface area (Å²) >= 11 is 1.78. The summed E-state index contributed by atoms with van der Waals surface area (Å²) in [5.74, 6) is 0.770. The van der Waals surface area contributed by atoms with Crippen molar-refractivity contribution in [2.24, 2.45) is 4.99 Å². The van der Waals surface area contributed by atoms with Gasteiger partial charge in [0.25, 0.3) is 5.91 Å². The zero-order valence-electron chi connectivity index (χ0n) is 14.4. The van der Waals surface area contributed by atoms with E-state index < -0.39 is 0 Å². The van der Waals surface area contributed by atoms with Crippen LogP contribution in [0.4, 0.5) is 0 Å². The number of nitrogens with zero attached hydrogens (tertiary/aromatic N) is 2. The van der Waals surface area contributed by atoms with E-state index in [0.29, 0.717) is 12.1 Å². The van der Waals surface area contributed by atoms with Gasteiger partial charge in [-0.3, -0.25) is 9.79 Å². The van der Waals surface area contributed by atoms with Crippen LogP contribution in [0.2, 0.25) is 0 Å². The first-order chi connectivity index (χ1) is 11.6. The minimum atomic E-state index is -0.0747. The van der Waals surface area contributed by atoms with E-state index in [0.717, 1.165) is 24.5 Å². The number of guanidine groups is 1. The van der Waals surface area contributed by atoms with E-state index >= 15 is 0 Å². The lowest BCUT2D eigenvalue weighted by molar-refractivity contribution is 0.0963. The standard InChI is InChI=1S/C18H24N4OS/c1-19-17(23)15-7-4-6-14(12-15)13-21-18(20-2)22(3)10-9-16-8-5-11-24-16/h4-8,11-12H,9-10,13H2,1-3H3,(H,19,23)(H,20,21). The molecule has 0 aliphatic carbocycles. The van der Waals surface area contributed by atoms with E-state index in [9.17, 15) is 4.79 Å². The predicted octanol–water partition coefficient (Wildman–Crippen LogP) is 2.36. The molecule has 0 atom stereocenters. The second-order valence-electron chi connectivity index (χ2n) is 5.43. The van der Waals surface area contributed by atoms with Gasteiger partial charge in [-0.1, -0.05) is 18.2 Å². The Bertz CT molecular complexity index is 682. The van der Waals surface area contributed by atoms with Crippen LogP contribution in [-0.4, -0.2) is 44.5 Å². The summed E-state index contributed by atoms with van der Waals surface area (Å²) in [6.07, 6.45) is 1.00. The van der Waals surface area contributed by atoms with Gasteiger partial charge in [0.15, 0.2) is 5.96 Å². The Balaban J connectivity index is 1.90. The highest BCUT2D eigenvalue weighted by Gasteiger charge is 2.08. The minimum absolute atomic E-state index is 0.0747. The van der Waals surface area contributed by atoms with Gasteiger partial charge in [-0.15, -0.1) is 11.3 Å². The van der Waals surface area contributed by atoms with Crippen molar-refractivity contribution in [1.82, 2.24) is 15.5 Å². The van der Waals surface area contributed by atoms with Crippen molar-refractivity contribution < 1.29 is 4.79 Å². The molecule has 0 spiro atoms. The average molecular weight is 344 g/mol. The zero-order chi connectivity index (χ0) is 17.4. The van der Waals surface area contributed by atoms with E-state index in [1.54, 1.807) is 25.4 Å². The maximum atomic E-state index is 11.7. The normalized spacial score (nSPS) is 11.2. The third-order valence-corrected chi connectivity index (χ3v) is 4.65. The number of carbonyl (C=O) groups excluding carboxylic acids is 1. The van der Waals surface area contributed by atoms with Crippen LogP contribution in [-0.2, 0) is 13.0 Å². The lowest BCUT2D eigenvalue weighted by Crippen LogP contribution is -2.39. The summed E-state index contributed by atoms with van der Waals surface area (Å²) in [6, 6.07) is 11.8. The van der Waals surface area contributed by atoms with E-state index in [4.69, 9.17) is 0 Å². The topological polar surface area (TPSA) is 56.7 Å². The molecule has 0 radical (unpaired) electrons. The first-order valence-electron chi connectivity index (χ1n) is 7.89. The Labute approximate surface area is 147 Å². The highest BCUT2D eigenvalue weighted by molar-refractivity contribution is 7.09. The summed E-state index contributed by atoms with van der Waals surface area (Å²) in [4.78, 5) is 19.5. The van der Waals surface area contributed by atoms with Gasteiger partial charge in [0.1, 0.15) is 0 Å². The van der Waals surface area contributed by atoms with Gasteiger partial charge < -0.3 is 15.5 Å². The molecule has 0 fully saturated rings. The number of hydrogen-bond acceptors (Lipinski definition) is 3. The van der Waals surface area contributed by atoms with E-state index in [1.807, 2.05) is 31.3 Å². The number of rotatable bonds is 6. The summed E-state index contributed by atoms with van der Waals surface area (Å²) in [6.45, 7) is 1.53. The molecule has 24 heavy (non-hydrogen) atoms. The fraction of sp³-hybridized carbons (Fsp3) is 0.333. The van der Waals surface area contributed by atoms with Crippen LogP contribution in [0, 0.1) is 0 Å². The van der Waals surface area contributed by atoms with Crippen LogP contribution in [0.1, 0.15) is 20.8 Å². The molecule has 0 aliphatic rings. The number of benzene rings is 1. The number of hydrogen-bond donors (Lipinski definition) is 2. The average Bonchev–Trinajstić information content (AvgIpc) is 3.13. The molecule has 0 aliphatic heterocycles. The molecule has 6 heteroatoms. The molecule has 0 unspecified atom stereocenters. The summed E-state index contributed by atoms with van der Waals surface area (Å²) in [5.41, 5.74) is 1.71. The molecule has 0 saturated carbocycles. The van der Waals surface area contributed by atoms with Gasteiger partial charge in [0, 0.05) is 44.7 Å². The Kier molecular flexibility index (Phi) is 6.81. The molecule has 2 N–H and O–H groups in total. The molecule has 1 heterocycles. The first-order valence-corrected chi connectivity index (χ1v) is 8.77. The smallest absolute Gasteiger partial charge is 0.251 e. The van der Waals surface area contributed by atoms with Crippen LogP contribution in [0.15, 0.2) is 46.8 Å². The van der Waals surface area contributed by atoms with Gasteiger partial charge in [-0.25, -0.2) is 0 Å². The largest absolute Gasteiger partial charge is 0.355 e. The molecular weight excluding hydrogens is 320 g/mol. The van der Waals surface area contributed by atoms with E-state index in [1.165, 1.54) is 4.88 Å². The molecule has 5 nitrogen and oxygen atoms in total. The van der Waals surface area contributed by atoms with Crippen molar-refractivity contribution in [3.63, 3.8) is 0 Å². The lowest BCUT2D eigenvalue weighted by atomic mass is 10.1. The number of amides is 1. The third kappa shape index (κ3) is 5.09. The van der Waals surface area contributed by atoms with Crippen LogP contribution in [0.25, 0.3) is 0 Å². The summed E-state index contributed by atoms with van der Waals surface area (Å²) < 4.78 is 0. The molecule has 1 aromatic carbocycles. The Morgan fingerprint density at radius 1 is 1.29 bits per heavy atom. The van der Waals surface area contributed by atoms with Crippen molar-refractivity contribution >= 4 is 23.2 Å². The summed E-state index contributed by atoms with van der Waals surface area (Å²) in [7, 11) is 5.45. The molecule has 1 aromatic heterocycles. The molecule has 128 valence electrons. The molecular formula is C18H24N4OS. The highest BCUT2D eigenvalue weighted by Crippen LogP contribution is 2.09. The molecule has 0 saturated heterocycles. The SMILES string of the molecule is CN=C(NCc1cccc(C(=O)NC)c1)N(C)CCc1cccs1. The Hall–Kier alpha value is -2.34. The fourth-order valence-electron chi connectivity index (χ4n) is 2.37. The molecule has 2 rings (SSSR count). The van der Waals surface area contributed by atoms with Gasteiger partial charge >= 0.3 is 0 Å². The van der Waals surface area contributed by atoms with Crippen molar-refractivity contribution in [2.75, 3.05) is 27.7 Å². The van der Waals surface area contributed by atoms with Crippen molar-refractivity contribution in [2.45, 2.75) is 13.0 Å². The quantitative estimate of drug-likeness (QED) is 0.625. The van der Waals surface area contributed by atoms with Gasteiger partial charge in [-0.2, -0.15) is 0 Å². The number of carbonyl (C=O) groups is 1. The van der Waals surface area contributed by atoms with Crippen molar-refractivity contribution in [1.29, 1.82) is 0 Å². The Morgan fingerprint density at radius 3 is 2.79 bits per heavy atom. The summed E-state index contributed by atoms with van der Waals surface area (Å²) in [5, 5.41) is 8.09. The first kappa shape index (κ1) is 18.0. The van der Waals surface area contributed by atoms with Gasteiger partial charge in [-0.05, 0) is 35.6 Å². The number of thiophene rings is 1. The second kappa shape index (κ2) is 9.08. The third-order valence-electron chi connectivity index (χ3n) is 3.71. The van der Waals surface area contributed by atoms with Crippen LogP contribution >= 0.6 is 11.3 Å². The molecule has 0 bridgehead atoms.